The minimum absolute atomic E-state index is 0.868. The predicted molar refractivity (Wildman–Crippen MR) is 187 cm³/mol. The number of anilines is 3. The second-order valence-corrected chi connectivity index (χ2v) is 11.4. The molecule has 2 aromatic heterocycles. The van der Waals surface area contributed by atoms with Crippen molar-refractivity contribution in [2.75, 3.05) is 4.90 Å². The van der Waals surface area contributed by atoms with Crippen LogP contribution in [0.15, 0.2) is 173 Å². The highest BCUT2D eigenvalue weighted by Crippen LogP contribution is 2.41. The molecule has 45 heavy (non-hydrogen) atoms. The van der Waals surface area contributed by atoms with Crippen LogP contribution >= 0.6 is 0 Å². The molecule has 0 amide bonds. The molecular weight excluding hydrogens is 550 g/mol. The van der Waals surface area contributed by atoms with E-state index in [9.17, 15) is 0 Å². The average molecular weight is 578 g/mol. The molecule has 0 radical (unpaired) electrons. The molecule has 0 N–H and O–H groups in total. The highest BCUT2D eigenvalue weighted by Gasteiger charge is 2.17. The van der Waals surface area contributed by atoms with Crippen molar-refractivity contribution in [3.05, 3.63) is 164 Å². The van der Waals surface area contributed by atoms with Gasteiger partial charge in [0.1, 0.15) is 22.3 Å². The number of furan rings is 2. The van der Waals surface area contributed by atoms with Gasteiger partial charge in [-0.05, 0) is 65.2 Å². The minimum atomic E-state index is 0.868. The van der Waals surface area contributed by atoms with Crippen LogP contribution in [0.25, 0.3) is 66.1 Å². The molecule has 3 nitrogen and oxygen atoms in total. The number of fused-ring (bicyclic) bond motifs is 6. The molecule has 212 valence electrons. The number of hydrogen-bond acceptors (Lipinski definition) is 3. The second-order valence-electron chi connectivity index (χ2n) is 11.4. The first-order valence-electron chi connectivity index (χ1n) is 15.2. The lowest BCUT2D eigenvalue weighted by Gasteiger charge is -2.26. The standard InChI is InChI=1S/C42H27NO2/c1-2-9-28(10-3-1)29-17-21-31(22-18-29)43(33-25-26-37-35-11-4-6-15-39(35)44-41(37)27-33)32-23-19-30(20-24-32)34-13-8-14-38-36-12-5-7-16-40(36)45-42(34)38/h1-27H. The third-order valence-corrected chi connectivity index (χ3v) is 8.69. The van der Waals surface area contributed by atoms with E-state index in [1.54, 1.807) is 0 Å². The highest BCUT2D eigenvalue weighted by molar-refractivity contribution is 6.09. The number of rotatable bonds is 5. The maximum Gasteiger partial charge on any atom is 0.143 e. The summed E-state index contributed by atoms with van der Waals surface area (Å²) in [5.41, 5.74) is 11.3. The van der Waals surface area contributed by atoms with E-state index >= 15 is 0 Å². The molecular formula is C42H27NO2. The van der Waals surface area contributed by atoms with Gasteiger partial charge in [0.25, 0.3) is 0 Å². The SMILES string of the molecule is c1ccc(-c2ccc(N(c3ccc(-c4cccc5c4oc4ccccc45)cc3)c3ccc4c(c3)oc3ccccc34)cc2)cc1. The summed E-state index contributed by atoms with van der Waals surface area (Å²) in [5.74, 6) is 0. The fourth-order valence-corrected chi connectivity index (χ4v) is 6.50. The molecule has 0 aliphatic heterocycles. The zero-order chi connectivity index (χ0) is 29.7. The molecule has 0 saturated heterocycles. The number of nitrogens with zero attached hydrogens (tertiary/aromatic N) is 1. The number of hydrogen-bond donors (Lipinski definition) is 0. The molecule has 0 aliphatic rings. The summed E-state index contributed by atoms with van der Waals surface area (Å²) < 4.78 is 12.6. The van der Waals surface area contributed by atoms with Crippen LogP contribution in [-0.2, 0) is 0 Å². The van der Waals surface area contributed by atoms with Crippen LogP contribution in [0.1, 0.15) is 0 Å². The smallest absolute Gasteiger partial charge is 0.143 e. The number of para-hydroxylation sites is 3. The van der Waals surface area contributed by atoms with Crippen molar-refractivity contribution in [2.24, 2.45) is 0 Å². The Morgan fingerprint density at radius 1 is 0.333 bits per heavy atom. The van der Waals surface area contributed by atoms with E-state index in [4.69, 9.17) is 8.83 Å². The molecule has 0 bridgehead atoms. The van der Waals surface area contributed by atoms with E-state index in [1.165, 1.54) is 11.1 Å². The van der Waals surface area contributed by atoms with E-state index in [2.05, 4.69) is 138 Å². The van der Waals surface area contributed by atoms with E-state index in [0.717, 1.165) is 72.1 Å². The van der Waals surface area contributed by atoms with E-state index < -0.39 is 0 Å². The van der Waals surface area contributed by atoms with Crippen LogP contribution in [0.5, 0.6) is 0 Å². The molecule has 7 aromatic carbocycles. The Hall–Kier alpha value is -6.06. The zero-order valence-electron chi connectivity index (χ0n) is 24.4. The van der Waals surface area contributed by atoms with Crippen LogP contribution in [0.4, 0.5) is 17.1 Å². The summed E-state index contributed by atoms with van der Waals surface area (Å²) in [6.07, 6.45) is 0. The van der Waals surface area contributed by atoms with Gasteiger partial charge in [-0.2, -0.15) is 0 Å². The Morgan fingerprint density at radius 3 is 1.60 bits per heavy atom. The predicted octanol–water partition coefficient (Wildman–Crippen LogP) is 12.3. The van der Waals surface area contributed by atoms with Gasteiger partial charge in [0.15, 0.2) is 0 Å². The molecule has 9 rings (SSSR count). The van der Waals surface area contributed by atoms with Crippen molar-refractivity contribution in [1.82, 2.24) is 0 Å². The van der Waals surface area contributed by atoms with Gasteiger partial charge in [-0.15, -0.1) is 0 Å². The van der Waals surface area contributed by atoms with Gasteiger partial charge >= 0.3 is 0 Å². The lowest BCUT2D eigenvalue weighted by molar-refractivity contribution is 0.669. The summed E-state index contributed by atoms with van der Waals surface area (Å²) in [6.45, 7) is 0. The first-order chi connectivity index (χ1) is 22.3. The second kappa shape index (κ2) is 10.3. The Morgan fingerprint density at radius 2 is 0.867 bits per heavy atom. The molecule has 2 heterocycles. The Labute approximate surface area is 260 Å². The third kappa shape index (κ3) is 4.29. The third-order valence-electron chi connectivity index (χ3n) is 8.69. The number of benzene rings is 7. The summed E-state index contributed by atoms with van der Waals surface area (Å²) in [6, 6.07) is 57.3. The quantitative estimate of drug-likeness (QED) is 0.204. The summed E-state index contributed by atoms with van der Waals surface area (Å²) in [5, 5.41) is 4.51. The molecule has 3 heteroatoms. The molecule has 0 spiro atoms. The van der Waals surface area contributed by atoms with Gasteiger partial charge in [-0.1, -0.05) is 109 Å². The maximum atomic E-state index is 6.35. The summed E-state index contributed by atoms with van der Waals surface area (Å²) >= 11 is 0. The van der Waals surface area contributed by atoms with E-state index in [0.29, 0.717) is 0 Å². The van der Waals surface area contributed by atoms with Crippen LogP contribution < -0.4 is 4.90 Å². The van der Waals surface area contributed by atoms with Crippen molar-refractivity contribution >= 4 is 60.9 Å². The van der Waals surface area contributed by atoms with Gasteiger partial charge in [-0.3, -0.25) is 0 Å². The van der Waals surface area contributed by atoms with Crippen LogP contribution in [0.3, 0.4) is 0 Å². The topological polar surface area (TPSA) is 29.5 Å². The first-order valence-corrected chi connectivity index (χ1v) is 15.2. The van der Waals surface area contributed by atoms with Crippen molar-refractivity contribution < 1.29 is 8.83 Å². The lowest BCUT2D eigenvalue weighted by atomic mass is 10.0. The van der Waals surface area contributed by atoms with Crippen molar-refractivity contribution in [3.63, 3.8) is 0 Å². The minimum Gasteiger partial charge on any atom is -0.456 e. The van der Waals surface area contributed by atoms with Crippen LogP contribution in [0, 0.1) is 0 Å². The summed E-state index contributed by atoms with van der Waals surface area (Å²) in [7, 11) is 0. The largest absolute Gasteiger partial charge is 0.456 e. The van der Waals surface area contributed by atoms with Crippen molar-refractivity contribution in [1.29, 1.82) is 0 Å². The Kier molecular flexibility index (Phi) is 5.82. The highest BCUT2D eigenvalue weighted by atomic mass is 16.3. The van der Waals surface area contributed by atoms with Crippen LogP contribution in [-0.4, -0.2) is 0 Å². The molecule has 0 aliphatic carbocycles. The zero-order valence-corrected chi connectivity index (χ0v) is 24.4. The lowest BCUT2D eigenvalue weighted by Crippen LogP contribution is -2.09. The molecule has 0 saturated carbocycles. The normalized spacial score (nSPS) is 11.6. The molecule has 9 aromatic rings. The van der Waals surface area contributed by atoms with Gasteiger partial charge in [0, 0.05) is 50.2 Å². The van der Waals surface area contributed by atoms with Gasteiger partial charge < -0.3 is 13.7 Å². The van der Waals surface area contributed by atoms with Crippen LogP contribution in [0.2, 0.25) is 0 Å². The van der Waals surface area contributed by atoms with E-state index in [1.807, 2.05) is 30.3 Å². The average Bonchev–Trinajstić information content (AvgIpc) is 3.68. The van der Waals surface area contributed by atoms with Gasteiger partial charge in [0.05, 0.1) is 0 Å². The molecule has 0 atom stereocenters. The van der Waals surface area contributed by atoms with Crippen molar-refractivity contribution in [2.45, 2.75) is 0 Å². The molecule has 0 unspecified atom stereocenters. The Balaban J connectivity index is 1.16. The van der Waals surface area contributed by atoms with Gasteiger partial charge in [0.2, 0.25) is 0 Å². The fraction of sp³-hybridized carbons (Fsp3) is 0. The molecule has 0 fully saturated rings. The van der Waals surface area contributed by atoms with Crippen molar-refractivity contribution in [3.8, 4) is 22.3 Å². The fourth-order valence-electron chi connectivity index (χ4n) is 6.50. The first kappa shape index (κ1) is 25.4. The maximum absolute atomic E-state index is 6.35. The summed E-state index contributed by atoms with van der Waals surface area (Å²) in [4.78, 5) is 2.28. The monoisotopic (exact) mass is 577 g/mol. The Bertz CT molecular complexity index is 2470. The van der Waals surface area contributed by atoms with E-state index in [-0.39, 0.29) is 0 Å². The van der Waals surface area contributed by atoms with Gasteiger partial charge in [-0.25, -0.2) is 0 Å².